The highest BCUT2D eigenvalue weighted by molar-refractivity contribution is 8.00. The molecule has 0 aromatic carbocycles. The van der Waals surface area contributed by atoms with E-state index < -0.39 is 0 Å². The molecule has 0 aromatic rings. The molecule has 0 aromatic heterocycles. The number of hydrogen-bond acceptors (Lipinski definition) is 4. The van der Waals surface area contributed by atoms with Crippen LogP contribution in [0.5, 0.6) is 0 Å². The van der Waals surface area contributed by atoms with Gasteiger partial charge in [-0.15, -0.1) is 0 Å². The molecule has 3 atom stereocenters. The highest BCUT2D eigenvalue weighted by atomic mass is 32.2. The van der Waals surface area contributed by atoms with Gasteiger partial charge in [-0.25, -0.2) is 4.79 Å². The molecular formula is C18H32N4O3S. The van der Waals surface area contributed by atoms with E-state index in [2.05, 4.69) is 21.3 Å². The zero-order chi connectivity index (χ0) is 19.2. The third-order valence-corrected chi connectivity index (χ3v) is 6.23. The van der Waals surface area contributed by atoms with Crippen molar-refractivity contribution in [2.75, 3.05) is 18.8 Å². The largest absolute Gasteiger partial charge is 0.356 e. The Morgan fingerprint density at radius 1 is 1.12 bits per heavy atom. The number of fused-ring (bicyclic) bond motifs is 1. The molecule has 2 saturated heterocycles. The highest BCUT2D eigenvalue weighted by Crippen LogP contribution is 2.33. The standard InChI is InChI=1S/C18H32N4O3S/c1-18(2,3)16(24)20-10-6-9-19-14(23)8-5-4-7-13-15-12(11-26-13)21-17(25)22-15/h12-13,15H,4-11H2,1-3H3,(H,19,23)(H,20,24)(H2,21,22,25)/t12-,13?,15-/m1/s1. The molecule has 2 aliphatic rings. The number of amides is 4. The van der Waals surface area contributed by atoms with Crippen molar-refractivity contribution in [2.24, 2.45) is 5.41 Å². The quantitative estimate of drug-likeness (QED) is 0.356. The van der Waals surface area contributed by atoms with Gasteiger partial charge in [0, 0.05) is 35.9 Å². The van der Waals surface area contributed by atoms with E-state index in [0.717, 1.165) is 31.4 Å². The van der Waals surface area contributed by atoms with Crippen molar-refractivity contribution in [1.82, 2.24) is 21.3 Å². The third kappa shape index (κ3) is 6.37. The Bertz CT molecular complexity index is 521. The average Bonchev–Trinajstić information content (AvgIpc) is 3.09. The molecule has 4 amide bonds. The summed E-state index contributed by atoms with van der Waals surface area (Å²) in [5.41, 5.74) is -0.377. The Hall–Kier alpha value is -1.44. The summed E-state index contributed by atoms with van der Waals surface area (Å²) < 4.78 is 0. The van der Waals surface area contributed by atoms with E-state index in [1.54, 1.807) is 0 Å². The van der Waals surface area contributed by atoms with Crippen LogP contribution in [0.1, 0.15) is 52.9 Å². The summed E-state index contributed by atoms with van der Waals surface area (Å²) in [4.78, 5) is 34.9. The van der Waals surface area contributed by atoms with E-state index in [1.165, 1.54) is 0 Å². The van der Waals surface area contributed by atoms with Gasteiger partial charge < -0.3 is 21.3 Å². The maximum Gasteiger partial charge on any atom is 0.315 e. The van der Waals surface area contributed by atoms with Crippen LogP contribution in [0.3, 0.4) is 0 Å². The molecule has 26 heavy (non-hydrogen) atoms. The molecule has 0 radical (unpaired) electrons. The van der Waals surface area contributed by atoms with Gasteiger partial charge >= 0.3 is 6.03 Å². The third-order valence-electron chi connectivity index (χ3n) is 4.72. The van der Waals surface area contributed by atoms with E-state index >= 15 is 0 Å². The van der Waals surface area contributed by atoms with Crippen molar-refractivity contribution in [3.05, 3.63) is 0 Å². The van der Waals surface area contributed by atoms with Gasteiger partial charge in [-0.3, -0.25) is 9.59 Å². The van der Waals surface area contributed by atoms with E-state index in [-0.39, 0.29) is 35.3 Å². The minimum absolute atomic E-state index is 0.0319. The summed E-state index contributed by atoms with van der Waals surface area (Å²) in [6, 6.07) is 0.451. The molecule has 148 valence electrons. The first-order valence-electron chi connectivity index (χ1n) is 9.51. The Morgan fingerprint density at radius 3 is 2.58 bits per heavy atom. The zero-order valence-electron chi connectivity index (χ0n) is 16.0. The van der Waals surface area contributed by atoms with Crippen LogP contribution in [0.2, 0.25) is 0 Å². The number of nitrogens with one attached hydrogen (secondary N) is 4. The first-order chi connectivity index (χ1) is 12.3. The fraction of sp³-hybridized carbons (Fsp3) is 0.833. The topological polar surface area (TPSA) is 99.3 Å². The molecule has 4 N–H and O–H groups in total. The molecule has 1 unspecified atom stereocenters. The van der Waals surface area contributed by atoms with Gasteiger partial charge in [0.2, 0.25) is 11.8 Å². The Labute approximate surface area is 160 Å². The summed E-state index contributed by atoms with van der Waals surface area (Å²) in [6.45, 7) is 6.81. The van der Waals surface area contributed by atoms with Crippen molar-refractivity contribution in [3.8, 4) is 0 Å². The molecular weight excluding hydrogens is 352 g/mol. The molecule has 0 aliphatic carbocycles. The molecule has 2 aliphatic heterocycles. The lowest BCUT2D eigenvalue weighted by atomic mass is 9.96. The normalized spacial score (nSPS) is 24.6. The number of hydrogen-bond donors (Lipinski definition) is 4. The van der Waals surface area contributed by atoms with Crippen LogP contribution < -0.4 is 21.3 Å². The first kappa shape index (κ1) is 20.9. The Kier molecular flexibility index (Phi) is 7.61. The predicted octanol–water partition coefficient (Wildman–Crippen LogP) is 1.38. The van der Waals surface area contributed by atoms with Crippen molar-refractivity contribution >= 4 is 29.6 Å². The Balaban J connectivity index is 1.47. The summed E-state index contributed by atoms with van der Waals surface area (Å²) in [6.07, 6.45) is 4.15. The van der Waals surface area contributed by atoms with Gasteiger partial charge in [0.15, 0.2) is 0 Å². The van der Waals surface area contributed by atoms with Crippen LogP contribution in [0, 0.1) is 5.41 Å². The van der Waals surface area contributed by atoms with Gasteiger partial charge in [0.05, 0.1) is 12.1 Å². The summed E-state index contributed by atoms with van der Waals surface area (Å²) in [5.74, 6) is 1.07. The van der Waals surface area contributed by atoms with E-state index in [9.17, 15) is 14.4 Å². The molecule has 2 fully saturated rings. The van der Waals surface area contributed by atoms with Gasteiger partial charge in [-0.1, -0.05) is 27.2 Å². The maximum absolute atomic E-state index is 11.9. The van der Waals surface area contributed by atoms with Crippen LogP contribution in [-0.4, -0.2) is 54.0 Å². The molecule has 8 heteroatoms. The van der Waals surface area contributed by atoms with Gasteiger partial charge in [-0.2, -0.15) is 11.8 Å². The van der Waals surface area contributed by atoms with Gasteiger partial charge in [0.1, 0.15) is 0 Å². The number of unbranched alkanes of at least 4 members (excludes halogenated alkanes) is 1. The average molecular weight is 385 g/mol. The minimum atomic E-state index is -0.377. The number of urea groups is 1. The second-order valence-corrected chi connectivity index (χ2v) is 9.35. The fourth-order valence-electron chi connectivity index (χ4n) is 3.15. The van der Waals surface area contributed by atoms with Crippen molar-refractivity contribution in [1.29, 1.82) is 0 Å². The first-order valence-corrected chi connectivity index (χ1v) is 10.6. The van der Waals surface area contributed by atoms with Gasteiger partial charge in [0.25, 0.3) is 0 Å². The maximum atomic E-state index is 11.9. The smallest absolute Gasteiger partial charge is 0.315 e. The summed E-state index contributed by atoms with van der Waals surface area (Å²) >= 11 is 1.91. The van der Waals surface area contributed by atoms with Crippen LogP contribution in [0.4, 0.5) is 4.79 Å². The lowest BCUT2D eigenvalue weighted by Crippen LogP contribution is -2.37. The molecule has 0 saturated carbocycles. The van der Waals surface area contributed by atoms with E-state index in [1.807, 2.05) is 32.5 Å². The Morgan fingerprint density at radius 2 is 1.85 bits per heavy atom. The van der Waals surface area contributed by atoms with E-state index in [0.29, 0.717) is 24.8 Å². The van der Waals surface area contributed by atoms with Crippen LogP contribution in [-0.2, 0) is 9.59 Å². The second-order valence-electron chi connectivity index (χ2n) is 8.08. The van der Waals surface area contributed by atoms with Crippen molar-refractivity contribution in [2.45, 2.75) is 70.2 Å². The lowest BCUT2D eigenvalue weighted by molar-refractivity contribution is -0.128. The fourth-order valence-corrected chi connectivity index (χ4v) is 4.69. The summed E-state index contributed by atoms with van der Waals surface area (Å²) in [5, 5.41) is 12.2. The number of carbonyl (C=O) groups is 3. The van der Waals surface area contributed by atoms with Crippen LogP contribution >= 0.6 is 11.8 Å². The predicted molar refractivity (Wildman–Crippen MR) is 104 cm³/mol. The highest BCUT2D eigenvalue weighted by Gasteiger charge is 2.42. The second kappa shape index (κ2) is 9.48. The molecule has 2 rings (SSSR count). The molecule has 2 heterocycles. The van der Waals surface area contributed by atoms with Crippen molar-refractivity contribution < 1.29 is 14.4 Å². The molecule has 0 bridgehead atoms. The number of rotatable bonds is 9. The van der Waals surface area contributed by atoms with E-state index in [4.69, 9.17) is 0 Å². The number of thioether (sulfide) groups is 1. The summed E-state index contributed by atoms with van der Waals surface area (Å²) in [7, 11) is 0. The monoisotopic (exact) mass is 384 g/mol. The minimum Gasteiger partial charge on any atom is -0.356 e. The number of carbonyl (C=O) groups excluding carboxylic acids is 3. The zero-order valence-corrected chi connectivity index (χ0v) is 16.8. The lowest BCUT2D eigenvalue weighted by Gasteiger charge is -2.17. The van der Waals surface area contributed by atoms with Gasteiger partial charge in [-0.05, 0) is 19.3 Å². The molecule has 0 spiro atoms. The SMILES string of the molecule is CC(C)(C)C(=O)NCCCNC(=O)CCCCC1SC[C@H]2NC(=O)N[C@@H]12. The van der Waals surface area contributed by atoms with Crippen LogP contribution in [0.15, 0.2) is 0 Å². The molecule has 7 nitrogen and oxygen atoms in total. The van der Waals surface area contributed by atoms with Crippen molar-refractivity contribution in [3.63, 3.8) is 0 Å². The van der Waals surface area contributed by atoms with Crippen LogP contribution in [0.25, 0.3) is 0 Å².